The maximum absolute atomic E-state index is 13.4. The van der Waals surface area contributed by atoms with Crippen molar-refractivity contribution < 1.29 is 23.9 Å². The van der Waals surface area contributed by atoms with Crippen LogP contribution in [-0.4, -0.2) is 66.8 Å². The third-order valence-corrected chi connectivity index (χ3v) is 5.76. The molecule has 2 aromatic carbocycles. The predicted octanol–water partition coefficient (Wildman–Crippen LogP) is 3.00. The molecular weight excluding hydrogens is 414 g/mol. The number of nitrogens with zero attached hydrogens (tertiary/aromatic N) is 3. The fourth-order valence-electron chi connectivity index (χ4n) is 3.94. The minimum Gasteiger partial charge on any atom is -0.454 e. The number of hydrogen-bond donors (Lipinski definition) is 0. The van der Waals surface area contributed by atoms with E-state index < -0.39 is 4.92 Å². The summed E-state index contributed by atoms with van der Waals surface area (Å²) < 4.78 is 16.2. The van der Waals surface area contributed by atoms with E-state index in [1.54, 1.807) is 24.0 Å². The molecule has 0 N–H and O–H groups in total. The first-order chi connectivity index (χ1) is 15.5. The highest BCUT2D eigenvalue weighted by Gasteiger charge is 2.22. The molecule has 0 aliphatic carbocycles. The monoisotopic (exact) mass is 441 g/mol. The van der Waals surface area contributed by atoms with E-state index in [0.29, 0.717) is 35.7 Å². The highest BCUT2D eigenvalue weighted by molar-refractivity contribution is 5.95. The Balaban J connectivity index is 1.51. The highest BCUT2D eigenvalue weighted by atomic mass is 16.7. The molecule has 1 saturated heterocycles. The molecule has 2 aromatic rings. The third-order valence-electron chi connectivity index (χ3n) is 5.76. The third kappa shape index (κ3) is 5.17. The van der Waals surface area contributed by atoms with Gasteiger partial charge in [0, 0.05) is 49.9 Å². The van der Waals surface area contributed by atoms with Gasteiger partial charge >= 0.3 is 0 Å². The van der Waals surface area contributed by atoms with Crippen molar-refractivity contribution in [3.8, 4) is 11.5 Å². The van der Waals surface area contributed by atoms with Crippen LogP contribution in [0.2, 0.25) is 0 Å². The lowest BCUT2D eigenvalue weighted by Gasteiger charge is -2.28. The minimum atomic E-state index is -0.452. The summed E-state index contributed by atoms with van der Waals surface area (Å²) in [5, 5.41) is 11.4. The zero-order chi connectivity index (χ0) is 22.5. The highest BCUT2D eigenvalue weighted by Crippen LogP contribution is 2.33. The fraction of sp³-hybridized carbons (Fsp3) is 0.435. The number of ether oxygens (including phenoxy) is 3. The number of morpholine rings is 1. The molecule has 0 bridgehead atoms. The van der Waals surface area contributed by atoms with Crippen LogP contribution in [0.25, 0.3) is 0 Å². The molecule has 4 rings (SSSR count). The fourth-order valence-corrected chi connectivity index (χ4v) is 3.94. The van der Waals surface area contributed by atoms with Gasteiger partial charge in [-0.05, 0) is 37.1 Å². The molecule has 9 heteroatoms. The molecule has 0 spiro atoms. The van der Waals surface area contributed by atoms with Crippen molar-refractivity contribution in [1.29, 1.82) is 0 Å². The van der Waals surface area contributed by atoms with Gasteiger partial charge in [0.05, 0.1) is 18.1 Å². The second-order valence-corrected chi connectivity index (χ2v) is 7.98. The van der Waals surface area contributed by atoms with Crippen molar-refractivity contribution in [2.75, 3.05) is 46.2 Å². The number of rotatable bonds is 8. The Kier molecular flexibility index (Phi) is 6.87. The molecule has 32 heavy (non-hydrogen) atoms. The Morgan fingerprint density at radius 2 is 1.91 bits per heavy atom. The first kappa shape index (κ1) is 22.0. The summed E-state index contributed by atoms with van der Waals surface area (Å²) in [4.78, 5) is 28.3. The van der Waals surface area contributed by atoms with E-state index in [1.165, 1.54) is 6.07 Å². The minimum absolute atomic E-state index is 0.0489. The van der Waals surface area contributed by atoms with Crippen LogP contribution >= 0.6 is 0 Å². The van der Waals surface area contributed by atoms with E-state index >= 15 is 0 Å². The quantitative estimate of drug-likeness (QED) is 0.459. The normalized spacial score (nSPS) is 15.5. The van der Waals surface area contributed by atoms with Gasteiger partial charge in [-0.25, -0.2) is 0 Å². The van der Waals surface area contributed by atoms with Crippen LogP contribution in [0.4, 0.5) is 5.69 Å². The SMILES string of the molecule is Cc1ccc(C(=O)N(CCCN2CCOCC2)Cc2ccc3c(c2)OCO3)cc1[N+](=O)[O-]. The lowest BCUT2D eigenvalue weighted by atomic mass is 10.1. The Morgan fingerprint density at radius 1 is 1.12 bits per heavy atom. The summed E-state index contributed by atoms with van der Waals surface area (Å²) in [5.41, 5.74) is 1.71. The summed E-state index contributed by atoms with van der Waals surface area (Å²) in [6.45, 7) is 6.86. The van der Waals surface area contributed by atoms with Crippen LogP contribution in [-0.2, 0) is 11.3 Å². The van der Waals surface area contributed by atoms with Crippen molar-refractivity contribution in [1.82, 2.24) is 9.80 Å². The smallest absolute Gasteiger partial charge is 0.273 e. The van der Waals surface area contributed by atoms with Gasteiger partial charge in [0.25, 0.3) is 11.6 Å². The van der Waals surface area contributed by atoms with Gasteiger partial charge < -0.3 is 19.1 Å². The molecule has 1 amide bonds. The van der Waals surface area contributed by atoms with Crippen LogP contribution in [0.15, 0.2) is 36.4 Å². The molecule has 2 heterocycles. The number of carbonyl (C=O) groups excluding carboxylic acids is 1. The second kappa shape index (κ2) is 9.97. The molecule has 1 fully saturated rings. The van der Waals surface area contributed by atoms with Crippen LogP contribution < -0.4 is 9.47 Å². The van der Waals surface area contributed by atoms with E-state index in [9.17, 15) is 14.9 Å². The number of amides is 1. The lowest BCUT2D eigenvalue weighted by molar-refractivity contribution is -0.385. The lowest BCUT2D eigenvalue weighted by Crippen LogP contribution is -2.39. The summed E-state index contributed by atoms with van der Waals surface area (Å²) in [7, 11) is 0. The molecule has 0 radical (unpaired) electrons. The number of hydrogen-bond acceptors (Lipinski definition) is 7. The van der Waals surface area contributed by atoms with Crippen molar-refractivity contribution in [2.24, 2.45) is 0 Å². The van der Waals surface area contributed by atoms with Crippen molar-refractivity contribution in [3.63, 3.8) is 0 Å². The van der Waals surface area contributed by atoms with Crippen LogP contribution in [0.5, 0.6) is 11.5 Å². The van der Waals surface area contributed by atoms with E-state index in [-0.39, 0.29) is 18.4 Å². The van der Waals surface area contributed by atoms with Gasteiger partial charge in [-0.15, -0.1) is 0 Å². The summed E-state index contributed by atoms with van der Waals surface area (Å²) in [6.07, 6.45) is 0.796. The average molecular weight is 441 g/mol. The molecule has 170 valence electrons. The topological polar surface area (TPSA) is 94.4 Å². The largest absolute Gasteiger partial charge is 0.454 e. The Bertz CT molecular complexity index is 990. The molecule has 0 unspecified atom stereocenters. The van der Waals surface area contributed by atoms with Crippen molar-refractivity contribution >= 4 is 11.6 Å². The molecule has 0 saturated carbocycles. The number of carbonyl (C=O) groups is 1. The Morgan fingerprint density at radius 3 is 2.69 bits per heavy atom. The van der Waals surface area contributed by atoms with E-state index in [2.05, 4.69) is 4.90 Å². The standard InChI is InChI=1S/C23H27N3O6/c1-17-3-5-19(14-20(17)26(28)29)23(27)25(8-2-7-24-9-11-30-12-10-24)15-18-4-6-21-22(13-18)32-16-31-21/h3-6,13-14H,2,7-12,15-16H2,1H3. The Hall–Kier alpha value is -3.17. The molecule has 2 aliphatic heterocycles. The van der Waals surface area contributed by atoms with Crippen LogP contribution in [0.3, 0.4) is 0 Å². The number of aryl methyl sites for hydroxylation is 1. The van der Waals surface area contributed by atoms with Crippen molar-refractivity contribution in [3.05, 3.63) is 63.2 Å². The number of nitro benzene ring substituents is 1. The van der Waals surface area contributed by atoms with E-state index in [0.717, 1.165) is 44.8 Å². The van der Waals surface area contributed by atoms with Gasteiger partial charge in [0.1, 0.15) is 0 Å². The second-order valence-electron chi connectivity index (χ2n) is 7.98. The number of benzene rings is 2. The maximum Gasteiger partial charge on any atom is 0.273 e. The van der Waals surface area contributed by atoms with Gasteiger partial charge in [0.2, 0.25) is 6.79 Å². The molecule has 2 aliphatic rings. The van der Waals surface area contributed by atoms with Gasteiger partial charge in [-0.1, -0.05) is 12.1 Å². The Labute approximate surface area is 186 Å². The predicted molar refractivity (Wildman–Crippen MR) is 117 cm³/mol. The summed E-state index contributed by atoms with van der Waals surface area (Å²) in [6, 6.07) is 10.3. The van der Waals surface area contributed by atoms with E-state index in [1.807, 2.05) is 18.2 Å². The molecule has 0 atom stereocenters. The first-order valence-corrected chi connectivity index (χ1v) is 10.7. The summed E-state index contributed by atoms with van der Waals surface area (Å²) in [5.74, 6) is 1.12. The van der Waals surface area contributed by atoms with E-state index in [4.69, 9.17) is 14.2 Å². The molecule has 9 nitrogen and oxygen atoms in total. The van der Waals surface area contributed by atoms with Crippen molar-refractivity contribution in [2.45, 2.75) is 19.9 Å². The molecular formula is C23H27N3O6. The summed E-state index contributed by atoms with van der Waals surface area (Å²) >= 11 is 0. The van der Waals surface area contributed by atoms with Crippen LogP contribution in [0, 0.1) is 17.0 Å². The van der Waals surface area contributed by atoms with Crippen LogP contribution in [0.1, 0.15) is 27.9 Å². The number of nitro groups is 1. The van der Waals surface area contributed by atoms with Gasteiger partial charge in [-0.2, -0.15) is 0 Å². The number of fused-ring (bicyclic) bond motifs is 1. The zero-order valence-electron chi connectivity index (χ0n) is 18.1. The zero-order valence-corrected chi connectivity index (χ0v) is 18.1. The first-order valence-electron chi connectivity index (χ1n) is 10.7. The van der Waals surface area contributed by atoms with Gasteiger partial charge in [-0.3, -0.25) is 19.8 Å². The average Bonchev–Trinajstić information content (AvgIpc) is 3.27. The maximum atomic E-state index is 13.4. The molecule has 0 aromatic heterocycles. The van der Waals surface area contributed by atoms with Gasteiger partial charge in [0.15, 0.2) is 11.5 Å².